The van der Waals surface area contributed by atoms with Crippen molar-refractivity contribution in [3.8, 4) is 28.7 Å². The molecule has 1 unspecified atom stereocenters. The van der Waals surface area contributed by atoms with E-state index in [-0.39, 0.29) is 12.0 Å². The van der Waals surface area contributed by atoms with E-state index in [9.17, 15) is 9.90 Å². The van der Waals surface area contributed by atoms with Crippen LogP contribution in [0.1, 0.15) is 30.0 Å². The summed E-state index contributed by atoms with van der Waals surface area (Å²) in [6.07, 6.45) is 1.13. The second kappa shape index (κ2) is 10.5. The van der Waals surface area contributed by atoms with E-state index >= 15 is 0 Å². The zero-order valence-electron chi connectivity index (χ0n) is 19.2. The zero-order valence-corrected chi connectivity index (χ0v) is 19.2. The standard InChI is InChI=1S/C24H31NO7/c1-28-17-7-6-8-18(29-2)21(17)22(25-11-9-15(10-12-25)24(26)27)16-13-19(30-3)23(32-5)20(14-16)31-4/h6-8,13-15,22H,9-12H2,1-5H3,(H,26,27). The van der Waals surface area contributed by atoms with Crippen molar-refractivity contribution in [1.29, 1.82) is 0 Å². The first-order chi connectivity index (χ1) is 15.5. The van der Waals surface area contributed by atoms with E-state index < -0.39 is 5.97 Å². The number of rotatable bonds is 9. The second-order valence-corrected chi connectivity index (χ2v) is 7.59. The van der Waals surface area contributed by atoms with Gasteiger partial charge in [0.1, 0.15) is 11.5 Å². The molecule has 0 saturated carbocycles. The highest BCUT2D eigenvalue weighted by Crippen LogP contribution is 2.46. The number of hydrogen-bond donors (Lipinski definition) is 1. The third-order valence-corrected chi connectivity index (χ3v) is 5.99. The summed E-state index contributed by atoms with van der Waals surface area (Å²) in [5.74, 6) is 1.87. The average Bonchev–Trinajstić information content (AvgIpc) is 2.83. The van der Waals surface area contributed by atoms with Crippen molar-refractivity contribution in [3.05, 3.63) is 41.5 Å². The molecule has 0 radical (unpaired) electrons. The van der Waals surface area contributed by atoms with Gasteiger partial charge in [-0.3, -0.25) is 9.69 Å². The van der Waals surface area contributed by atoms with Gasteiger partial charge in [0, 0.05) is 0 Å². The molecule has 1 heterocycles. The van der Waals surface area contributed by atoms with E-state index in [1.54, 1.807) is 35.5 Å². The molecule has 1 N–H and O–H groups in total. The number of likely N-dealkylation sites (tertiary alicyclic amines) is 1. The van der Waals surface area contributed by atoms with E-state index in [1.807, 2.05) is 30.3 Å². The Labute approximate surface area is 188 Å². The quantitative estimate of drug-likeness (QED) is 0.626. The number of piperidine rings is 1. The lowest BCUT2D eigenvalue weighted by Gasteiger charge is -2.38. The van der Waals surface area contributed by atoms with Gasteiger partial charge in [0.2, 0.25) is 5.75 Å². The molecule has 0 spiro atoms. The molecule has 1 atom stereocenters. The lowest BCUT2D eigenvalue weighted by Crippen LogP contribution is -2.39. The molecule has 2 aromatic rings. The summed E-state index contributed by atoms with van der Waals surface area (Å²) in [7, 11) is 7.98. The first kappa shape index (κ1) is 23.5. The third-order valence-electron chi connectivity index (χ3n) is 5.99. The molecule has 1 aliphatic rings. The molecular weight excluding hydrogens is 414 g/mol. The van der Waals surface area contributed by atoms with Crippen LogP contribution in [0.4, 0.5) is 0 Å². The van der Waals surface area contributed by atoms with Gasteiger partial charge in [0.25, 0.3) is 0 Å². The lowest BCUT2D eigenvalue weighted by atomic mass is 9.90. The summed E-state index contributed by atoms with van der Waals surface area (Å²) < 4.78 is 28.1. The monoisotopic (exact) mass is 445 g/mol. The summed E-state index contributed by atoms with van der Waals surface area (Å²) in [5, 5.41) is 9.45. The number of carboxylic acid groups (broad SMARTS) is 1. The predicted molar refractivity (Wildman–Crippen MR) is 119 cm³/mol. The largest absolute Gasteiger partial charge is 0.496 e. The smallest absolute Gasteiger partial charge is 0.306 e. The van der Waals surface area contributed by atoms with Crippen LogP contribution in [0.2, 0.25) is 0 Å². The Bertz CT molecular complexity index is 891. The Hall–Kier alpha value is -3.13. The van der Waals surface area contributed by atoms with Crippen LogP contribution in [0.5, 0.6) is 28.7 Å². The van der Waals surface area contributed by atoms with Crippen LogP contribution in [0.3, 0.4) is 0 Å². The number of hydrogen-bond acceptors (Lipinski definition) is 7. The summed E-state index contributed by atoms with van der Waals surface area (Å²) in [6.45, 7) is 1.22. The number of carboxylic acids is 1. The number of ether oxygens (including phenoxy) is 5. The highest BCUT2D eigenvalue weighted by atomic mass is 16.5. The first-order valence-corrected chi connectivity index (χ1v) is 10.5. The van der Waals surface area contributed by atoms with Gasteiger partial charge >= 0.3 is 5.97 Å². The fraction of sp³-hybridized carbons (Fsp3) is 0.458. The maximum absolute atomic E-state index is 11.5. The Balaban J connectivity index is 2.18. The third kappa shape index (κ3) is 4.55. The van der Waals surface area contributed by atoms with E-state index in [0.717, 1.165) is 11.1 Å². The molecule has 1 aliphatic heterocycles. The summed E-state index contributed by atoms with van der Waals surface area (Å²) in [4.78, 5) is 13.8. The van der Waals surface area contributed by atoms with Gasteiger partial charge in [-0.05, 0) is 55.8 Å². The maximum atomic E-state index is 11.5. The first-order valence-electron chi connectivity index (χ1n) is 10.5. The van der Waals surface area contributed by atoms with Crippen molar-refractivity contribution in [2.45, 2.75) is 18.9 Å². The van der Waals surface area contributed by atoms with Crippen molar-refractivity contribution in [2.24, 2.45) is 5.92 Å². The molecule has 3 rings (SSSR count). The molecule has 1 saturated heterocycles. The molecule has 0 bridgehead atoms. The summed E-state index contributed by atoms with van der Waals surface area (Å²) in [5.41, 5.74) is 1.76. The van der Waals surface area contributed by atoms with Crippen LogP contribution in [0.25, 0.3) is 0 Å². The number of methoxy groups -OCH3 is 5. The van der Waals surface area contributed by atoms with Crippen LogP contribution in [-0.2, 0) is 4.79 Å². The van der Waals surface area contributed by atoms with Crippen molar-refractivity contribution in [1.82, 2.24) is 4.90 Å². The minimum Gasteiger partial charge on any atom is -0.496 e. The zero-order chi connectivity index (χ0) is 23.3. The summed E-state index contributed by atoms with van der Waals surface area (Å²) >= 11 is 0. The molecule has 1 fully saturated rings. The van der Waals surface area contributed by atoms with Crippen molar-refractivity contribution in [3.63, 3.8) is 0 Å². The molecule has 0 amide bonds. The van der Waals surface area contributed by atoms with Crippen LogP contribution in [-0.4, -0.2) is 64.6 Å². The van der Waals surface area contributed by atoms with E-state index in [2.05, 4.69) is 4.90 Å². The van der Waals surface area contributed by atoms with Gasteiger partial charge in [-0.15, -0.1) is 0 Å². The van der Waals surface area contributed by atoms with Crippen LogP contribution in [0.15, 0.2) is 30.3 Å². The van der Waals surface area contributed by atoms with Crippen molar-refractivity contribution in [2.75, 3.05) is 48.6 Å². The van der Waals surface area contributed by atoms with Crippen molar-refractivity contribution < 1.29 is 33.6 Å². The normalized spacial score (nSPS) is 15.7. The van der Waals surface area contributed by atoms with Crippen LogP contribution < -0.4 is 23.7 Å². The average molecular weight is 446 g/mol. The Morgan fingerprint density at radius 3 is 1.78 bits per heavy atom. The van der Waals surface area contributed by atoms with Gasteiger partial charge in [-0.2, -0.15) is 0 Å². The van der Waals surface area contributed by atoms with Crippen LogP contribution >= 0.6 is 0 Å². The highest BCUT2D eigenvalue weighted by molar-refractivity contribution is 5.70. The fourth-order valence-electron chi connectivity index (χ4n) is 4.37. The highest BCUT2D eigenvalue weighted by Gasteiger charge is 2.34. The SMILES string of the molecule is COc1cc(C(c2c(OC)cccc2OC)N2CCC(C(=O)O)CC2)cc(OC)c1OC. The molecule has 8 heteroatoms. The van der Waals surface area contributed by atoms with Gasteiger partial charge in [0.05, 0.1) is 53.1 Å². The van der Waals surface area contributed by atoms with Crippen molar-refractivity contribution >= 4 is 5.97 Å². The van der Waals surface area contributed by atoms with Gasteiger partial charge in [-0.25, -0.2) is 0 Å². The number of carbonyl (C=O) groups is 1. The second-order valence-electron chi connectivity index (χ2n) is 7.59. The van der Waals surface area contributed by atoms with Crippen LogP contribution in [0, 0.1) is 5.92 Å². The predicted octanol–water partition coefficient (Wildman–Crippen LogP) is 3.62. The van der Waals surface area contributed by atoms with E-state index in [4.69, 9.17) is 23.7 Å². The Morgan fingerprint density at radius 1 is 0.875 bits per heavy atom. The Kier molecular flexibility index (Phi) is 7.69. The molecule has 174 valence electrons. The molecule has 2 aromatic carbocycles. The molecule has 32 heavy (non-hydrogen) atoms. The molecule has 0 aromatic heterocycles. The molecule has 8 nitrogen and oxygen atoms in total. The Morgan fingerprint density at radius 2 is 1.38 bits per heavy atom. The number of nitrogens with zero attached hydrogens (tertiary/aromatic N) is 1. The maximum Gasteiger partial charge on any atom is 0.306 e. The van der Waals surface area contributed by atoms with Gasteiger partial charge < -0.3 is 28.8 Å². The minimum atomic E-state index is -0.746. The minimum absolute atomic E-state index is 0.274. The topological polar surface area (TPSA) is 86.7 Å². The van der Waals surface area contributed by atoms with E-state index in [1.165, 1.54) is 0 Å². The van der Waals surface area contributed by atoms with Gasteiger partial charge in [0.15, 0.2) is 11.5 Å². The molecular formula is C24H31NO7. The van der Waals surface area contributed by atoms with Gasteiger partial charge in [-0.1, -0.05) is 6.07 Å². The van der Waals surface area contributed by atoms with E-state index in [0.29, 0.717) is 54.7 Å². The number of aliphatic carboxylic acids is 1. The number of benzene rings is 2. The fourth-order valence-corrected chi connectivity index (χ4v) is 4.37. The molecule has 0 aliphatic carbocycles. The summed E-state index contributed by atoms with van der Waals surface area (Å²) in [6, 6.07) is 9.23. The lowest BCUT2D eigenvalue weighted by molar-refractivity contribution is -0.143.